The van der Waals surface area contributed by atoms with Crippen molar-refractivity contribution in [2.45, 2.75) is 6.54 Å². The normalized spacial score (nSPS) is 12.5. The van der Waals surface area contributed by atoms with Crippen molar-refractivity contribution in [2.24, 2.45) is 0 Å². The van der Waals surface area contributed by atoms with Gasteiger partial charge in [-0.2, -0.15) is 0 Å². The Kier molecular flexibility index (Phi) is 5.57. The van der Waals surface area contributed by atoms with Crippen LogP contribution in [0.25, 0.3) is 11.1 Å². The molecule has 0 N–H and O–H groups in total. The molecule has 3 aromatic carbocycles. The van der Waals surface area contributed by atoms with Gasteiger partial charge in [-0.3, -0.25) is 4.48 Å². The van der Waals surface area contributed by atoms with E-state index in [1.54, 1.807) is 13.2 Å². The number of esters is 1. The molecular weight excluding hydrogens is 394 g/mol. The third-order valence-electron chi connectivity index (χ3n) is 5.50. The number of nitrogens with zero attached hydrogens (tertiary/aromatic N) is 1. The molecule has 0 unspecified atom stereocenters. The van der Waals surface area contributed by atoms with Gasteiger partial charge in [-0.15, -0.1) is 0 Å². The summed E-state index contributed by atoms with van der Waals surface area (Å²) in [6.45, 7) is 0.945. The summed E-state index contributed by atoms with van der Waals surface area (Å²) < 4.78 is 22.4. The molecule has 6 heteroatoms. The highest BCUT2D eigenvalue weighted by Crippen LogP contribution is 2.49. The van der Waals surface area contributed by atoms with Gasteiger partial charge in [-0.25, -0.2) is 4.79 Å². The first kappa shape index (κ1) is 20.8. The van der Waals surface area contributed by atoms with Gasteiger partial charge < -0.3 is 18.9 Å². The van der Waals surface area contributed by atoms with Crippen LogP contribution in [0.2, 0.25) is 0 Å². The van der Waals surface area contributed by atoms with Crippen molar-refractivity contribution in [3.63, 3.8) is 0 Å². The average molecular weight is 420 g/mol. The number of hydrogen-bond acceptors (Lipinski definition) is 5. The first-order valence-electron chi connectivity index (χ1n) is 10.0. The van der Waals surface area contributed by atoms with E-state index in [0.717, 1.165) is 17.8 Å². The minimum atomic E-state index is -0.462. The second-order valence-corrected chi connectivity index (χ2v) is 7.93. The Morgan fingerprint density at radius 3 is 2.35 bits per heavy atom. The Hall–Kier alpha value is -3.51. The maximum Gasteiger partial charge on any atom is 0.338 e. The molecule has 31 heavy (non-hydrogen) atoms. The van der Waals surface area contributed by atoms with E-state index in [1.807, 2.05) is 18.2 Å². The molecule has 0 fully saturated rings. The topological polar surface area (TPSA) is 54.0 Å². The number of carbonyl (C=O) groups is 1. The van der Waals surface area contributed by atoms with Crippen LogP contribution in [0.1, 0.15) is 15.9 Å². The molecular formula is C25H26NO5+. The summed E-state index contributed by atoms with van der Waals surface area (Å²) in [5, 5.41) is 0. The van der Waals surface area contributed by atoms with Gasteiger partial charge in [0.2, 0.25) is 12.5 Å². The van der Waals surface area contributed by atoms with Gasteiger partial charge in [0.15, 0.2) is 11.5 Å². The lowest BCUT2D eigenvalue weighted by molar-refractivity contribution is 0.0601. The van der Waals surface area contributed by atoms with Crippen molar-refractivity contribution in [3.8, 4) is 28.4 Å². The van der Waals surface area contributed by atoms with Crippen LogP contribution in [0.5, 0.6) is 17.2 Å². The third kappa shape index (κ3) is 3.94. The van der Waals surface area contributed by atoms with Crippen LogP contribution in [0, 0.1) is 0 Å². The molecule has 0 bridgehead atoms. The van der Waals surface area contributed by atoms with E-state index in [9.17, 15) is 4.79 Å². The van der Waals surface area contributed by atoms with Gasteiger partial charge in [-0.05, 0) is 35.9 Å². The molecule has 4 rings (SSSR count). The van der Waals surface area contributed by atoms with Gasteiger partial charge in [-0.1, -0.05) is 30.3 Å². The van der Waals surface area contributed by atoms with Gasteiger partial charge in [0, 0.05) is 11.1 Å². The van der Waals surface area contributed by atoms with E-state index in [1.165, 1.54) is 12.7 Å². The minimum Gasteiger partial charge on any atom is -0.492 e. The van der Waals surface area contributed by atoms with Crippen molar-refractivity contribution in [1.29, 1.82) is 0 Å². The van der Waals surface area contributed by atoms with Gasteiger partial charge in [0.25, 0.3) is 0 Å². The molecule has 1 aliphatic rings. The average Bonchev–Trinajstić information content (AvgIpc) is 3.26. The summed E-state index contributed by atoms with van der Waals surface area (Å²) in [5.74, 6) is 0.963. The van der Waals surface area contributed by atoms with Crippen molar-refractivity contribution in [2.75, 3.05) is 35.1 Å². The monoisotopic (exact) mass is 420 g/mol. The molecule has 0 radical (unpaired) electrons. The van der Waals surface area contributed by atoms with Gasteiger partial charge >= 0.3 is 5.97 Å². The van der Waals surface area contributed by atoms with Crippen LogP contribution in [0.4, 0.5) is 5.69 Å². The van der Waals surface area contributed by atoms with E-state index in [2.05, 4.69) is 50.5 Å². The maximum atomic E-state index is 12.5. The largest absolute Gasteiger partial charge is 0.492 e. The lowest BCUT2D eigenvalue weighted by Crippen LogP contribution is -2.39. The second kappa shape index (κ2) is 8.32. The van der Waals surface area contributed by atoms with Crippen LogP contribution in [-0.4, -0.2) is 41.1 Å². The van der Waals surface area contributed by atoms with Crippen LogP contribution in [0.3, 0.4) is 0 Å². The summed E-state index contributed by atoms with van der Waals surface area (Å²) in [4.78, 5) is 12.5. The lowest BCUT2D eigenvalue weighted by Gasteiger charge is -2.29. The minimum absolute atomic E-state index is 0.0832. The molecule has 0 saturated heterocycles. The Bertz CT molecular complexity index is 1090. The van der Waals surface area contributed by atoms with Crippen LogP contribution >= 0.6 is 0 Å². The van der Waals surface area contributed by atoms with E-state index in [4.69, 9.17) is 18.9 Å². The highest BCUT2D eigenvalue weighted by molar-refractivity contribution is 6.01. The molecule has 0 atom stereocenters. The number of quaternary nitrogens is 1. The highest BCUT2D eigenvalue weighted by Gasteiger charge is 2.29. The molecule has 160 valence electrons. The number of methoxy groups -OCH3 is 2. The summed E-state index contributed by atoms with van der Waals surface area (Å²) in [7, 11) is 7.25. The zero-order valence-corrected chi connectivity index (χ0v) is 18.2. The summed E-state index contributed by atoms with van der Waals surface area (Å²) in [6, 6.07) is 20.2. The van der Waals surface area contributed by atoms with Crippen molar-refractivity contribution in [3.05, 3.63) is 71.8 Å². The summed E-state index contributed by atoms with van der Waals surface area (Å²) >= 11 is 0. The molecule has 1 heterocycles. The first-order valence-corrected chi connectivity index (χ1v) is 10.0. The maximum absolute atomic E-state index is 12.5. The summed E-state index contributed by atoms with van der Waals surface area (Å²) in [5.41, 5.74) is 4.24. The molecule has 0 spiro atoms. The Labute approximate surface area is 182 Å². The molecule has 6 nitrogen and oxygen atoms in total. The first-order chi connectivity index (χ1) is 14.9. The fourth-order valence-electron chi connectivity index (χ4n) is 3.93. The van der Waals surface area contributed by atoms with Crippen molar-refractivity contribution < 1.29 is 23.7 Å². The number of hydrogen-bond donors (Lipinski definition) is 0. The number of rotatable bonds is 6. The highest BCUT2D eigenvalue weighted by atomic mass is 16.7. The van der Waals surface area contributed by atoms with E-state index >= 15 is 0 Å². The quantitative estimate of drug-likeness (QED) is 0.429. The van der Waals surface area contributed by atoms with Crippen LogP contribution < -0.4 is 18.7 Å². The fourth-order valence-corrected chi connectivity index (χ4v) is 3.93. The van der Waals surface area contributed by atoms with Crippen molar-refractivity contribution >= 4 is 11.7 Å². The summed E-state index contributed by atoms with van der Waals surface area (Å²) in [6.07, 6.45) is 0. The van der Waals surface area contributed by atoms with E-state index in [0.29, 0.717) is 32.9 Å². The lowest BCUT2D eigenvalue weighted by atomic mass is 9.96. The van der Waals surface area contributed by atoms with Crippen LogP contribution in [-0.2, 0) is 11.3 Å². The Morgan fingerprint density at radius 1 is 1.00 bits per heavy atom. The zero-order chi connectivity index (χ0) is 22.0. The molecule has 0 aromatic heterocycles. The number of carbonyl (C=O) groups excluding carboxylic acids is 1. The fraction of sp³-hybridized carbons (Fsp3) is 0.240. The number of fused-ring (bicyclic) bond motifs is 1. The third-order valence-corrected chi connectivity index (χ3v) is 5.50. The predicted molar refractivity (Wildman–Crippen MR) is 120 cm³/mol. The molecule has 0 aliphatic carbocycles. The van der Waals surface area contributed by atoms with Gasteiger partial charge in [0.1, 0.15) is 12.2 Å². The van der Waals surface area contributed by atoms with E-state index < -0.39 is 5.97 Å². The zero-order valence-electron chi connectivity index (χ0n) is 18.2. The smallest absolute Gasteiger partial charge is 0.338 e. The van der Waals surface area contributed by atoms with E-state index in [-0.39, 0.29) is 6.79 Å². The predicted octanol–water partition coefficient (Wildman–Crippen LogP) is 4.64. The molecule has 0 saturated carbocycles. The molecule has 0 amide bonds. The van der Waals surface area contributed by atoms with Gasteiger partial charge in [0.05, 0.1) is 33.9 Å². The number of benzene rings is 3. The van der Waals surface area contributed by atoms with Crippen molar-refractivity contribution in [1.82, 2.24) is 4.48 Å². The number of ether oxygens (including phenoxy) is 4. The molecule has 1 aliphatic heterocycles. The standard InChI is InChI=1S/C25H26NO5/c1-26(2,15-17-8-6-5-7-9-17)19-12-10-18(11-13-19)22-20(25(27)29-4)14-21-23(24(22)28-3)31-16-30-21/h5-14H,15-16H2,1-4H3/q+1. The SMILES string of the molecule is COC(=O)c1cc2c(c(OC)c1-c1ccc([N+](C)(C)Cc3ccccc3)cc1)OCO2. The molecule has 3 aromatic rings. The van der Waals surface area contributed by atoms with Crippen LogP contribution in [0.15, 0.2) is 60.7 Å². The second-order valence-electron chi connectivity index (χ2n) is 7.93. The Balaban J connectivity index is 1.75. The Morgan fingerprint density at radius 2 is 1.71 bits per heavy atom.